The Labute approximate surface area is 220 Å². The molecular weight excluding hydrogens is 501 g/mol. The van der Waals surface area contributed by atoms with E-state index < -0.39 is 5.97 Å². The van der Waals surface area contributed by atoms with Crippen LogP contribution in [0.5, 0.6) is 11.5 Å². The molecule has 0 saturated carbocycles. The van der Waals surface area contributed by atoms with E-state index >= 15 is 0 Å². The summed E-state index contributed by atoms with van der Waals surface area (Å²) in [5.74, 6) is 0.564. The molecule has 0 saturated heterocycles. The van der Waals surface area contributed by atoms with Gasteiger partial charge in [0, 0.05) is 27.4 Å². The maximum Gasteiger partial charge on any atom is 0.338 e. The number of rotatable bonds is 10. The van der Waals surface area contributed by atoms with Crippen molar-refractivity contribution in [2.24, 2.45) is 5.92 Å². The van der Waals surface area contributed by atoms with E-state index in [4.69, 9.17) is 37.4 Å². The van der Waals surface area contributed by atoms with Crippen molar-refractivity contribution in [2.75, 3.05) is 19.0 Å². The van der Waals surface area contributed by atoms with Crippen LogP contribution in [0, 0.1) is 5.92 Å². The Kier molecular flexibility index (Phi) is 9.79. The average Bonchev–Trinajstić information content (AvgIpc) is 2.86. The third-order valence-corrected chi connectivity index (χ3v) is 5.69. The smallest absolute Gasteiger partial charge is 0.338 e. The van der Waals surface area contributed by atoms with Crippen molar-refractivity contribution in [3.63, 3.8) is 0 Å². The van der Waals surface area contributed by atoms with E-state index in [-0.39, 0.29) is 18.4 Å². The molecule has 0 heterocycles. The van der Waals surface area contributed by atoms with Crippen LogP contribution in [0.25, 0.3) is 6.08 Å². The van der Waals surface area contributed by atoms with Crippen molar-refractivity contribution >= 4 is 46.8 Å². The first-order valence-electron chi connectivity index (χ1n) is 11.3. The lowest BCUT2D eigenvalue weighted by Crippen LogP contribution is -2.11. The number of methoxy groups -OCH3 is 1. The van der Waals surface area contributed by atoms with Gasteiger partial charge in [0.15, 0.2) is 11.5 Å². The fraction of sp³-hybridized carbons (Fsp3) is 0.214. The SMILES string of the molecule is COc1cc(C=CC(=O)Nc2ccc(C(=O)OCC(C)C)cc2)ccc1OCc1c(Cl)cccc1Cl. The highest BCUT2D eigenvalue weighted by molar-refractivity contribution is 6.35. The second kappa shape index (κ2) is 13.0. The minimum Gasteiger partial charge on any atom is -0.493 e. The van der Waals surface area contributed by atoms with Gasteiger partial charge in [0.05, 0.1) is 19.3 Å². The van der Waals surface area contributed by atoms with Crippen molar-refractivity contribution < 1.29 is 23.8 Å². The zero-order chi connectivity index (χ0) is 26.1. The van der Waals surface area contributed by atoms with Gasteiger partial charge >= 0.3 is 5.97 Å². The molecule has 0 atom stereocenters. The van der Waals surface area contributed by atoms with E-state index in [0.717, 1.165) is 5.56 Å². The van der Waals surface area contributed by atoms with Crippen molar-refractivity contribution in [3.8, 4) is 11.5 Å². The highest BCUT2D eigenvalue weighted by atomic mass is 35.5. The number of hydrogen-bond donors (Lipinski definition) is 1. The quantitative estimate of drug-likeness (QED) is 0.226. The van der Waals surface area contributed by atoms with E-state index in [0.29, 0.717) is 45.0 Å². The molecule has 1 N–H and O–H groups in total. The highest BCUT2D eigenvalue weighted by Crippen LogP contribution is 2.31. The van der Waals surface area contributed by atoms with E-state index in [1.807, 2.05) is 13.8 Å². The monoisotopic (exact) mass is 527 g/mol. The van der Waals surface area contributed by atoms with Gasteiger partial charge in [-0.1, -0.05) is 49.2 Å². The van der Waals surface area contributed by atoms with Gasteiger partial charge in [0.25, 0.3) is 0 Å². The zero-order valence-electron chi connectivity index (χ0n) is 20.2. The number of hydrogen-bond acceptors (Lipinski definition) is 5. The summed E-state index contributed by atoms with van der Waals surface area (Å²) < 4.78 is 16.5. The van der Waals surface area contributed by atoms with Gasteiger partial charge in [0.1, 0.15) is 6.61 Å². The van der Waals surface area contributed by atoms with Crippen LogP contribution in [-0.4, -0.2) is 25.6 Å². The van der Waals surface area contributed by atoms with Crippen molar-refractivity contribution in [1.82, 2.24) is 0 Å². The van der Waals surface area contributed by atoms with Gasteiger partial charge in [0.2, 0.25) is 5.91 Å². The molecule has 0 fully saturated rings. The van der Waals surface area contributed by atoms with Gasteiger partial charge in [-0.2, -0.15) is 0 Å². The largest absolute Gasteiger partial charge is 0.493 e. The van der Waals surface area contributed by atoms with Crippen molar-refractivity contribution in [1.29, 1.82) is 0 Å². The molecule has 0 bridgehead atoms. The zero-order valence-corrected chi connectivity index (χ0v) is 21.7. The number of carbonyl (C=O) groups excluding carboxylic acids is 2. The standard InChI is InChI=1S/C28H27Cl2NO5/c1-18(2)16-36-28(33)20-9-11-21(12-10-20)31-27(32)14-8-19-7-13-25(26(15-19)34-3)35-17-22-23(29)5-4-6-24(22)30/h4-15,18H,16-17H2,1-3H3,(H,31,32). The normalized spacial score (nSPS) is 10.9. The summed E-state index contributed by atoms with van der Waals surface area (Å²) in [5, 5.41) is 3.80. The van der Waals surface area contributed by atoms with Crippen LogP contribution in [0.4, 0.5) is 5.69 Å². The number of benzene rings is 3. The van der Waals surface area contributed by atoms with Crippen molar-refractivity contribution in [3.05, 3.63) is 93.5 Å². The Bertz CT molecular complexity index is 1220. The predicted octanol–water partition coefficient (Wildman–Crippen LogP) is 7.05. The van der Waals surface area contributed by atoms with Crippen LogP contribution >= 0.6 is 23.2 Å². The fourth-order valence-corrected chi connectivity index (χ4v) is 3.60. The average molecular weight is 528 g/mol. The first-order valence-corrected chi connectivity index (χ1v) is 12.0. The molecule has 0 spiro atoms. The predicted molar refractivity (Wildman–Crippen MR) is 143 cm³/mol. The number of nitrogens with one attached hydrogen (secondary N) is 1. The number of carbonyl (C=O) groups is 2. The topological polar surface area (TPSA) is 73.9 Å². The molecule has 36 heavy (non-hydrogen) atoms. The second-order valence-corrected chi connectivity index (χ2v) is 9.11. The Balaban J connectivity index is 1.59. The summed E-state index contributed by atoms with van der Waals surface area (Å²) >= 11 is 12.4. The first-order chi connectivity index (χ1) is 17.3. The Morgan fingerprint density at radius 2 is 1.67 bits per heavy atom. The van der Waals surface area contributed by atoms with Gasteiger partial charge < -0.3 is 19.5 Å². The molecule has 0 radical (unpaired) electrons. The van der Waals surface area contributed by atoms with E-state index in [2.05, 4.69) is 5.32 Å². The van der Waals surface area contributed by atoms with Crippen LogP contribution in [-0.2, 0) is 16.1 Å². The maximum atomic E-state index is 12.4. The van der Waals surface area contributed by atoms with Crippen LogP contribution in [0.2, 0.25) is 10.0 Å². The van der Waals surface area contributed by atoms with Crippen LogP contribution in [0.1, 0.15) is 35.3 Å². The number of amides is 1. The molecule has 3 aromatic carbocycles. The Morgan fingerprint density at radius 1 is 0.972 bits per heavy atom. The second-order valence-electron chi connectivity index (χ2n) is 8.29. The fourth-order valence-electron chi connectivity index (χ4n) is 3.10. The van der Waals surface area contributed by atoms with Gasteiger partial charge in [-0.05, 0) is 66.1 Å². The number of halogens is 2. The Hall–Kier alpha value is -3.48. The van der Waals surface area contributed by atoms with E-state index in [1.165, 1.54) is 13.2 Å². The Morgan fingerprint density at radius 3 is 2.31 bits per heavy atom. The van der Waals surface area contributed by atoms with Crippen LogP contribution in [0.15, 0.2) is 66.7 Å². The first kappa shape index (κ1) is 27.1. The van der Waals surface area contributed by atoms with Gasteiger partial charge in [-0.3, -0.25) is 4.79 Å². The highest BCUT2D eigenvalue weighted by Gasteiger charge is 2.11. The number of ether oxygens (including phenoxy) is 3. The molecule has 3 rings (SSSR count). The lowest BCUT2D eigenvalue weighted by atomic mass is 10.1. The molecule has 0 unspecified atom stereocenters. The minimum atomic E-state index is -0.391. The maximum absolute atomic E-state index is 12.4. The van der Waals surface area contributed by atoms with E-state index in [1.54, 1.807) is 66.7 Å². The molecule has 6 nitrogen and oxygen atoms in total. The summed E-state index contributed by atoms with van der Waals surface area (Å²) in [5.41, 5.74) is 2.41. The molecule has 8 heteroatoms. The van der Waals surface area contributed by atoms with Crippen LogP contribution in [0.3, 0.4) is 0 Å². The third-order valence-electron chi connectivity index (χ3n) is 4.98. The van der Waals surface area contributed by atoms with Crippen LogP contribution < -0.4 is 14.8 Å². The molecule has 3 aromatic rings. The molecule has 0 aromatic heterocycles. The summed E-state index contributed by atoms with van der Waals surface area (Å²) in [4.78, 5) is 24.4. The molecule has 0 aliphatic rings. The summed E-state index contributed by atoms with van der Waals surface area (Å²) in [7, 11) is 1.53. The van der Waals surface area contributed by atoms with Gasteiger partial charge in [-0.25, -0.2) is 4.79 Å². The van der Waals surface area contributed by atoms with E-state index in [9.17, 15) is 9.59 Å². The third kappa shape index (κ3) is 7.77. The lowest BCUT2D eigenvalue weighted by molar-refractivity contribution is -0.111. The number of anilines is 1. The molecule has 0 aliphatic carbocycles. The van der Waals surface area contributed by atoms with Crippen molar-refractivity contribution in [2.45, 2.75) is 20.5 Å². The number of esters is 1. The summed E-state index contributed by atoms with van der Waals surface area (Å²) in [6.45, 7) is 4.48. The molecular formula is C28H27Cl2NO5. The molecule has 1 amide bonds. The lowest BCUT2D eigenvalue weighted by Gasteiger charge is -2.13. The minimum absolute atomic E-state index is 0.181. The summed E-state index contributed by atoms with van der Waals surface area (Å²) in [6.07, 6.45) is 3.06. The molecule has 0 aliphatic heterocycles. The van der Waals surface area contributed by atoms with Gasteiger partial charge in [-0.15, -0.1) is 0 Å². The summed E-state index contributed by atoms with van der Waals surface area (Å²) in [6, 6.07) is 17.1. The molecule has 188 valence electrons.